The number of hydrogen-bond donors (Lipinski definition) is 2. The van der Waals surface area contributed by atoms with Crippen LogP contribution in [-0.2, 0) is 15.9 Å². The van der Waals surface area contributed by atoms with E-state index in [0.29, 0.717) is 39.0 Å². The third-order valence-corrected chi connectivity index (χ3v) is 9.94. The first kappa shape index (κ1) is 23.1. The number of aromatic amines is 1. The van der Waals surface area contributed by atoms with Crippen molar-refractivity contribution >= 4 is 15.8 Å². The number of carbonyl (C=O) groups is 1. The van der Waals surface area contributed by atoms with Gasteiger partial charge in [0.2, 0.25) is 0 Å². The summed E-state index contributed by atoms with van der Waals surface area (Å²) in [5.41, 5.74) is -0.919. The number of H-pyrrole nitrogens is 1. The number of aromatic nitrogens is 3. The van der Waals surface area contributed by atoms with Crippen LogP contribution in [0.2, 0.25) is 0 Å². The van der Waals surface area contributed by atoms with E-state index in [2.05, 4.69) is 15.2 Å². The van der Waals surface area contributed by atoms with Gasteiger partial charge in [-0.2, -0.15) is 18.3 Å². The van der Waals surface area contributed by atoms with Crippen molar-refractivity contribution < 1.29 is 22.2 Å². The topological polar surface area (TPSA) is 106 Å². The maximum absolute atomic E-state index is 13.2. The zero-order chi connectivity index (χ0) is 24.1. The van der Waals surface area contributed by atoms with Crippen molar-refractivity contribution in [2.75, 3.05) is 26.2 Å². The molecule has 2 amide bonds. The Kier molecular flexibility index (Phi) is 5.61. The molecule has 8 nitrogen and oxygen atoms in total. The predicted octanol–water partition coefficient (Wildman–Crippen LogP) is 4.08. The molecule has 2 N–H and O–H groups in total. The van der Waals surface area contributed by atoms with Crippen LogP contribution < -0.4 is 0 Å². The van der Waals surface area contributed by atoms with Crippen LogP contribution in [-0.4, -0.2) is 66.7 Å². The molecule has 1 aromatic heterocycles. The summed E-state index contributed by atoms with van der Waals surface area (Å²) in [7, 11) is -3.35. The number of likely N-dealkylation sites (tertiary alicyclic amines) is 2. The van der Waals surface area contributed by atoms with Gasteiger partial charge in [-0.1, -0.05) is 6.07 Å². The Labute approximate surface area is 195 Å². The van der Waals surface area contributed by atoms with Crippen LogP contribution in [0.5, 0.6) is 0 Å². The molecular formula is C22H27F3N6O2S. The first-order chi connectivity index (χ1) is 16.1. The Hall–Kier alpha value is -2.63. The average Bonchev–Trinajstić information content (AvgIpc) is 3.48. The molecule has 2 unspecified atom stereocenters. The molecular weight excluding hydrogens is 469 g/mol. The number of rotatable bonds is 3. The van der Waals surface area contributed by atoms with Crippen LogP contribution in [0.1, 0.15) is 49.4 Å². The monoisotopic (exact) mass is 496 g/mol. The second-order valence-electron chi connectivity index (χ2n) is 9.77. The molecule has 1 saturated carbocycles. The van der Waals surface area contributed by atoms with Crippen molar-refractivity contribution in [3.05, 3.63) is 42.0 Å². The minimum Gasteiger partial charge on any atom is -0.324 e. The van der Waals surface area contributed by atoms with Gasteiger partial charge in [0.05, 0.1) is 15.3 Å². The number of nitrogens with one attached hydrogen (secondary N) is 2. The maximum atomic E-state index is 13.2. The highest BCUT2D eigenvalue weighted by Gasteiger charge is 2.49. The van der Waals surface area contributed by atoms with E-state index >= 15 is 0 Å². The molecule has 2 saturated heterocycles. The zero-order valence-electron chi connectivity index (χ0n) is 18.6. The Balaban J connectivity index is 1.16. The molecule has 2 aliphatic heterocycles. The van der Waals surface area contributed by atoms with Crippen LogP contribution in [0.3, 0.4) is 0 Å². The lowest BCUT2D eigenvalue weighted by molar-refractivity contribution is -0.137. The zero-order valence-corrected chi connectivity index (χ0v) is 19.4. The first-order valence-electron chi connectivity index (χ1n) is 11.4. The van der Waals surface area contributed by atoms with Gasteiger partial charge in [-0.25, -0.2) is 18.8 Å². The summed E-state index contributed by atoms with van der Waals surface area (Å²) in [4.78, 5) is 20.8. The largest absolute Gasteiger partial charge is 0.416 e. The predicted molar refractivity (Wildman–Crippen MR) is 118 cm³/mol. The van der Waals surface area contributed by atoms with Crippen molar-refractivity contribution in [3.63, 3.8) is 0 Å². The first-order valence-corrected chi connectivity index (χ1v) is 13.0. The summed E-state index contributed by atoms with van der Waals surface area (Å²) >= 11 is 0. The molecule has 1 aliphatic carbocycles. The third-order valence-electron chi connectivity index (χ3n) is 7.58. The summed E-state index contributed by atoms with van der Waals surface area (Å²) in [5.74, 6) is 0.964. The fourth-order valence-electron chi connectivity index (χ4n) is 5.57. The highest BCUT2D eigenvalue weighted by Crippen LogP contribution is 2.47. The number of urea groups is 1. The molecule has 3 aliphatic rings. The summed E-state index contributed by atoms with van der Waals surface area (Å²) in [6.45, 7) is 2.54. The van der Waals surface area contributed by atoms with Gasteiger partial charge in [0.1, 0.15) is 12.2 Å². The van der Waals surface area contributed by atoms with E-state index in [-0.39, 0.29) is 22.3 Å². The van der Waals surface area contributed by atoms with Crippen LogP contribution >= 0.6 is 0 Å². The van der Waals surface area contributed by atoms with Crippen LogP contribution in [0.25, 0.3) is 0 Å². The fraction of sp³-hybridized carbons (Fsp3) is 0.591. The van der Waals surface area contributed by atoms with E-state index in [0.717, 1.165) is 37.2 Å². The Morgan fingerprint density at radius 2 is 1.91 bits per heavy atom. The molecule has 0 bridgehead atoms. The maximum Gasteiger partial charge on any atom is 0.416 e. The molecule has 5 rings (SSSR count). The number of benzene rings is 1. The number of halogens is 3. The molecule has 0 radical (unpaired) electrons. The average molecular weight is 497 g/mol. The van der Waals surface area contributed by atoms with Crippen molar-refractivity contribution in [1.82, 2.24) is 25.0 Å². The van der Waals surface area contributed by atoms with E-state index in [1.165, 1.54) is 18.5 Å². The lowest BCUT2D eigenvalue weighted by atomic mass is 9.68. The van der Waals surface area contributed by atoms with E-state index in [9.17, 15) is 22.2 Å². The van der Waals surface area contributed by atoms with Crippen molar-refractivity contribution in [2.24, 2.45) is 5.41 Å². The minimum atomic E-state index is -4.53. The summed E-state index contributed by atoms with van der Waals surface area (Å²) in [6.07, 6.45) is 0.241. The number of hydrogen-bond acceptors (Lipinski definition) is 5. The van der Waals surface area contributed by atoms with Gasteiger partial charge in [0.25, 0.3) is 0 Å². The van der Waals surface area contributed by atoms with Gasteiger partial charge >= 0.3 is 12.2 Å². The second kappa shape index (κ2) is 8.24. The van der Waals surface area contributed by atoms with Crippen LogP contribution in [0.15, 0.2) is 35.5 Å². The van der Waals surface area contributed by atoms with Crippen LogP contribution in [0.4, 0.5) is 18.0 Å². The number of amides is 2. The Morgan fingerprint density at radius 1 is 1.18 bits per heavy atom. The standard InChI is InChI=1S/C22H27F3N6O2S/c23-22(24,25)16-2-1-3-18(10-16)34(26,33)17-4-7-21(8-5-17)12-31(13-21)20(32)30-9-6-15(11-30)19-27-14-28-29-19/h1-3,10,14-15,17,26H,4-9,11-13H2,(H,27,28,29). The molecule has 184 valence electrons. The number of alkyl halides is 3. The molecule has 3 fully saturated rings. The second-order valence-corrected chi connectivity index (χ2v) is 12.1. The van der Waals surface area contributed by atoms with Crippen molar-refractivity contribution in [2.45, 2.75) is 54.3 Å². The van der Waals surface area contributed by atoms with Gasteiger partial charge in [0.15, 0.2) is 0 Å². The SMILES string of the molecule is N=S(=O)(c1cccc(C(F)(F)F)c1)C1CCC2(CC1)CN(C(=O)N1CCC(c3ncn[nH]3)C1)C2. The Morgan fingerprint density at radius 3 is 2.56 bits per heavy atom. The molecule has 1 spiro atoms. The van der Waals surface area contributed by atoms with Gasteiger partial charge < -0.3 is 9.80 Å². The molecule has 2 aromatic rings. The normalized spacial score (nSPS) is 24.7. The lowest BCUT2D eigenvalue weighted by Gasteiger charge is -2.54. The van der Waals surface area contributed by atoms with E-state index in [1.807, 2.05) is 9.80 Å². The summed E-state index contributed by atoms with van der Waals surface area (Å²) in [6, 6.07) is 4.38. The van der Waals surface area contributed by atoms with Gasteiger partial charge in [0, 0.05) is 47.7 Å². The highest BCUT2D eigenvalue weighted by atomic mass is 32.2. The lowest BCUT2D eigenvalue weighted by Crippen LogP contribution is -2.62. The van der Waals surface area contributed by atoms with Gasteiger partial charge in [-0.3, -0.25) is 5.10 Å². The van der Waals surface area contributed by atoms with E-state index < -0.39 is 26.7 Å². The Bertz CT molecular complexity index is 1150. The molecule has 1 aromatic carbocycles. The quantitative estimate of drug-likeness (QED) is 0.668. The molecule has 2 atom stereocenters. The van der Waals surface area contributed by atoms with Crippen molar-refractivity contribution in [1.29, 1.82) is 4.78 Å². The number of carbonyl (C=O) groups excluding carboxylic acids is 1. The van der Waals surface area contributed by atoms with Crippen molar-refractivity contribution in [3.8, 4) is 0 Å². The fourth-order valence-corrected chi connectivity index (χ4v) is 7.44. The summed E-state index contributed by atoms with van der Waals surface area (Å²) < 4.78 is 60.9. The molecule has 34 heavy (non-hydrogen) atoms. The summed E-state index contributed by atoms with van der Waals surface area (Å²) in [5, 5.41) is 6.27. The molecule has 12 heteroatoms. The molecule has 3 heterocycles. The van der Waals surface area contributed by atoms with Crippen LogP contribution in [0, 0.1) is 10.2 Å². The van der Waals surface area contributed by atoms with Gasteiger partial charge in [-0.05, 0) is 50.3 Å². The highest BCUT2D eigenvalue weighted by molar-refractivity contribution is 7.93. The third kappa shape index (κ3) is 4.16. The smallest absolute Gasteiger partial charge is 0.324 e. The number of nitrogens with zero attached hydrogens (tertiary/aromatic N) is 4. The van der Waals surface area contributed by atoms with E-state index in [4.69, 9.17) is 4.78 Å². The minimum absolute atomic E-state index is 0.0167. The van der Waals surface area contributed by atoms with E-state index in [1.54, 1.807) is 0 Å². The van der Waals surface area contributed by atoms with Gasteiger partial charge in [-0.15, -0.1) is 0 Å².